The molecule has 0 spiro atoms. The molecule has 35 heavy (non-hydrogen) atoms. The van der Waals surface area contributed by atoms with E-state index in [0.29, 0.717) is 12.1 Å². The van der Waals surface area contributed by atoms with Gasteiger partial charge in [0, 0.05) is 18.4 Å². The third-order valence-electron chi connectivity index (χ3n) is 5.85. The third-order valence-corrected chi connectivity index (χ3v) is 5.85. The molecule has 0 radical (unpaired) electrons. The van der Waals surface area contributed by atoms with Crippen LogP contribution in [0.3, 0.4) is 0 Å². The van der Waals surface area contributed by atoms with Gasteiger partial charge in [-0.2, -0.15) is 0 Å². The second-order valence-corrected chi connectivity index (χ2v) is 8.49. The van der Waals surface area contributed by atoms with Crippen LogP contribution >= 0.6 is 0 Å². The number of carboxylic acids is 1. The molecule has 1 aromatic heterocycles. The quantitative estimate of drug-likeness (QED) is 0.408. The van der Waals surface area contributed by atoms with Crippen LogP contribution in [0.4, 0.5) is 4.79 Å². The number of hydrogen-bond donors (Lipinski definition) is 3. The Morgan fingerprint density at radius 3 is 2.40 bits per heavy atom. The molecule has 4 rings (SSSR count). The number of nitrogens with zero attached hydrogens (tertiary/aromatic N) is 3. The lowest BCUT2D eigenvalue weighted by atomic mass is 9.98. The Morgan fingerprint density at radius 2 is 1.74 bits per heavy atom. The van der Waals surface area contributed by atoms with Crippen LogP contribution in [0.2, 0.25) is 0 Å². The lowest BCUT2D eigenvalue weighted by molar-refractivity contribution is -0.137. The predicted octanol–water partition coefficient (Wildman–Crippen LogP) is 2.69. The van der Waals surface area contributed by atoms with Crippen LogP contribution in [0.15, 0.2) is 54.7 Å². The molecule has 3 aromatic rings. The fraction of sp³-hybridized carbons (Fsp3) is 0.320. The molecular weight excluding hydrogens is 450 g/mol. The van der Waals surface area contributed by atoms with Crippen LogP contribution in [-0.2, 0) is 27.4 Å². The van der Waals surface area contributed by atoms with Crippen molar-refractivity contribution in [3.05, 3.63) is 71.5 Å². The first-order chi connectivity index (χ1) is 16.9. The van der Waals surface area contributed by atoms with Gasteiger partial charge in [-0.15, -0.1) is 5.10 Å². The van der Waals surface area contributed by atoms with Crippen LogP contribution in [0.1, 0.15) is 42.5 Å². The third kappa shape index (κ3) is 6.03. The van der Waals surface area contributed by atoms with Gasteiger partial charge in [0.25, 0.3) is 0 Å². The van der Waals surface area contributed by atoms with Crippen molar-refractivity contribution in [2.75, 3.05) is 6.61 Å². The Kier molecular flexibility index (Phi) is 7.39. The largest absolute Gasteiger partial charge is 0.481 e. The van der Waals surface area contributed by atoms with Gasteiger partial charge in [0.05, 0.1) is 12.7 Å². The smallest absolute Gasteiger partial charge is 0.407 e. The Labute approximate surface area is 202 Å². The second-order valence-electron chi connectivity index (χ2n) is 8.49. The molecule has 2 amide bonds. The highest BCUT2D eigenvalue weighted by molar-refractivity contribution is 5.79. The Bertz CT molecular complexity index is 1180. The van der Waals surface area contributed by atoms with Gasteiger partial charge < -0.3 is 20.5 Å². The molecule has 0 bridgehead atoms. The summed E-state index contributed by atoms with van der Waals surface area (Å²) in [7, 11) is 0. The van der Waals surface area contributed by atoms with Crippen molar-refractivity contribution in [3.8, 4) is 11.1 Å². The van der Waals surface area contributed by atoms with E-state index in [9.17, 15) is 14.4 Å². The number of nitrogens with one attached hydrogen (secondary N) is 2. The number of benzene rings is 2. The summed E-state index contributed by atoms with van der Waals surface area (Å²) < 4.78 is 6.86. The van der Waals surface area contributed by atoms with E-state index >= 15 is 0 Å². The van der Waals surface area contributed by atoms with Gasteiger partial charge in [0.2, 0.25) is 5.91 Å². The van der Waals surface area contributed by atoms with E-state index in [4.69, 9.17) is 9.84 Å². The number of amides is 2. The number of rotatable bonds is 10. The van der Waals surface area contributed by atoms with Crippen molar-refractivity contribution in [2.24, 2.45) is 0 Å². The Hall–Kier alpha value is -4.21. The van der Waals surface area contributed by atoms with Gasteiger partial charge in [-0.1, -0.05) is 53.7 Å². The van der Waals surface area contributed by atoms with E-state index in [-0.39, 0.29) is 44.0 Å². The van der Waals surface area contributed by atoms with Crippen LogP contribution in [0, 0.1) is 0 Å². The summed E-state index contributed by atoms with van der Waals surface area (Å²) in [4.78, 5) is 35.0. The lowest BCUT2D eigenvalue weighted by Gasteiger charge is -2.14. The zero-order valence-corrected chi connectivity index (χ0v) is 19.3. The molecule has 182 valence electrons. The van der Waals surface area contributed by atoms with Crippen LogP contribution in [-0.4, -0.2) is 50.7 Å². The highest BCUT2D eigenvalue weighted by Gasteiger charge is 2.29. The number of alkyl carbamates (subject to hydrolysis) is 1. The fourth-order valence-electron chi connectivity index (χ4n) is 4.19. The van der Waals surface area contributed by atoms with Crippen LogP contribution in [0.25, 0.3) is 11.1 Å². The average molecular weight is 478 g/mol. The van der Waals surface area contributed by atoms with E-state index in [1.54, 1.807) is 13.1 Å². The highest BCUT2D eigenvalue weighted by Crippen LogP contribution is 2.44. The summed E-state index contributed by atoms with van der Waals surface area (Å²) in [5, 5.41) is 22.0. The van der Waals surface area contributed by atoms with E-state index < -0.39 is 12.1 Å². The molecule has 1 atom stereocenters. The minimum absolute atomic E-state index is 0.0174. The van der Waals surface area contributed by atoms with Gasteiger partial charge in [-0.3, -0.25) is 9.59 Å². The first-order valence-electron chi connectivity index (χ1n) is 11.4. The maximum absolute atomic E-state index is 12.3. The number of fused-ring (bicyclic) bond motifs is 3. The summed E-state index contributed by atoms with van der Waals surface area (Å²) >= 11 is 0. The number of aromatic nitrogens is 3. The Morgan fingerprint density at radius 1 is 1.09 bits per heavy atom. The topological polar surface area (TPSA) is 135 Å². The van der Waals surface area contributed by atoms with Gasteiger partial charge in [0.15, 0.2) is 0 Å². The van der Waals surface area contributed by atoms with Crippen molar-refractivity contribution >= 4 is 18.0 Å². The molecular formula is C25H27N5O5. The van der Waals surface area contributed by atoms with Crippen molar-refractivity contribution in [2.45, 2.75) is 44.8 Å². The molecule has 0 saturated carbocycles. The number of carbonyl (C=O) groups excluding carboxylic acids is 2. The number of ether oxygens (including phenoxy) is 1. The lowest BCUT2D eigenvalue weighted by Crippen LogP contribution is -2.35. The van der Waals surface area contributed by atoms with E-state index in [1.807, 2.05) is 24.3 Å². The maximum atomic E-state index is 12.3. The molecule has 0 saturated heterocycles. The van der Waals surface area contributed by atoms with Gasteiger partial charge in [0.1, 0.15) is 18.8 Å². The number of carbonyl (C=O) groups is 3. The second kappa shape index (κ2) is 10.8. The predicted molar refractivity (Wildman–Crippen MR) is 126 cm³/mol. The maximum Gasteiger partial charge on any atom is 0.407 e. The monoisotopic (exact) mass is 477 g/mol. The fourth-order valence-corrected chi connectivity index (χ4v) is 4.19. The average Bonchev–Trinajstić information content (AvgIpc) is 3.42. The summed E-state index contributed by atoms with van der Waals surface area (Å²) in [5.41, 5.74) is 5.08. The van der Waals surface area contributed by atoms with Gasteiger partial charge in [-0.25, -0.2) is 9.48 Å². The van der Waals surface area contributed by atoms with Crippen molar-refractivity contribution in [1.82, 2.24) is 25.6 Å². The SMILES string of the molecule is CC(CCC(=O)O)NC(=O)Cn1cc(CNC(=O)OCC2c3ccccc3-c3ccccc32)nn1. The van der Waals surface area contributed by atoms with Gasteiger partial charge in [-0.05, 0) is 35.6 Å². The highest BCUT2D eigenvalue weighted by atomic mass is 16.5. The van der Waals surface area contributed by atoms with Gasteiger partial charge >= 0.3 is 12.1 Å². The number of hydrogen-bond acceptors (Lipinski definition) is 6. The molecule has 1 unspecified atom stereocenters. The van der Waals surface area contributed by atoms with E-state index in [0.717, 1.165) is 22.3 Å². The molecule has 10 nitrogen and oxygen atoms in total. The van der Waals surface area contributed by atoms with Crippen molar-refractivity contribution in [3.63, 3.8) is 0 Å². The summed E-state index contributed by atoms with van der Waals surface area (Å²) in [6.07, 6.45) is 1.32. The zero-order valence-electron chi connectivity index (χ0n) is 19.3. The molecule has 10 heteroatoms. The van der Waals surface area contributed by atoms with Crippen LogP contribution < -0.4 is 10.6 Å². The molecule has 1 aliphatic rings. The number of aliphatic carboxylic acids is 1. The molecule has 0 aliphatic heterocycles. The minimum Gasteiger partial charge on any atom is -0.481 e. The summed E-state index contributed by atoms with van der Waals surface area (Å²) in [6, 6.07) is 16.0. The zero-order chi connectivity index (χ0) is 24.8. The number of carboxylic acid groups (broad SMARTS) is 1. The molecule has 1 heterocycles. The summed E-state index contributed by atoms with van der Waals surface area (Å²) in [5.74, 6) is -1.23. The minimum atomic E-state index is -0.907. The first-order valence-corrected chi connectivity index (χ1v) is 11.4. The standard InChI is InChI=1S/C25H27N5O5/c1-16(10-11-24(32)33)27-23(31)14-30-13-17(28-29-30)12-26-25(34)35-15-22-20-8-4-2-6-18(20)19-7-3-5-9-21(19)22/h2-9,13,16,22H,10-12,14-15H2,1H3,(H,26,34)(H,27,31)(H,32,33). The van der Waals surface area contributed by atoms with Crippen molar-refractivity contribution in [1.29, 1.82) is 0 Å². The summed E-state index contributed by atoms with van der Waals surface area (Å²) in [6.45, 7) is 2.00. The molecule has 1 aliphatic carbocycles. The molecule has 0 fully saturated rings. The van der Waals surface area contributed by atoms with E-state index in [2.05, 4.69) is 45.2 Å². The Balaban J connectivity index is 1.24. The molecule has 3 N–H and O–H groups in total. The first kappa shape index (κ1) is 23.9. The van der Waals surface area contributed by atoms with E-state index in [1.165, 1.54) is 4.68 Å². The van der Waals surface area contributed by atoms with Crippen LogP contribution in [0.5, 0.6) is 0 Å². The normalized spacial score (nSPS) is 12.9. The van der Waals surface area contributed by atoms with Crippen molar-refractivity contribution < 1.29 is 24.2 Å². The molecule has 2 aromatic carbocycles.